The molecule has 3 unspecified atom stereocenters. The van der Waals surface area contributed by atoms with E-state index in [1.165, 1.54) is 5.69 Å². The van der Waals surface area contributed by atoms with Crippen molar-refractivity contribution in [3.63, 3.8) is 0 Å². The average molecular weight is 247 g/mol. The molecule has 0 radical (unpaired) electrons. The van der Waals surface area contributed by atoms with Crippen LogP contribution in [0, 0.1) is 5.92 Å². The topological polar surface area (TPSA) is 48.1 Å². The lowest BCUT2D eigenvalue weighted by atomic mass is 9.99. The van der Waals surface area contributed by atoms with Gasteiger partial charge in [-0.3, -0.25) is 4.79 Å². The van der Waals surface area contributed by atoms with E-state index in [2.05, 4.69) is 28.2 Å². The summed E-state index contributed by atoms with van der Waals surface area (Å²) in [6.45, 7) is 4.00. The van der Waals surface area contributed by atoms with E-state index < -0.39 is 0 Å². The van der Waals surface area contributed by atoms with E-state index in [-0.39, 0.29) is 12.0 Å². The molecule has 0 spiro atoms. The molecule has 0 aliphatic carbocycles. The molecule has 18 heavy (non-hydrogen) atoms. The number of aromatic nitrogens is 1. The molecule has 2 aliphatic heterocycles. The van der Waals surface area contributed by atoms with Crippen LogP contribution in [-0.4, -0.2) is 34.9 Å². The third-order valence-corrected chi connectivity index (χ3v) is 4.36. The number of rotatable bonds is 2. The van der Waals surface area contributed by atoms with Crippen molar-refractivity contribution in [1.29, 1.82) is 0 Å². The van der Waals surface area contributed by atoms with Gasteiger partial charge in [0.15, 0.2) is 0 Å². The molecule has 4 heteroatoms. The number of carbonyl (C=O) groups excluding carboxylic acids is 1. The van der Waals surface area contributed by atoms with Crippen LogP contribution in [-0.2, 0) is 4.79 Å². The second kappa shape index (κ2) is 4.76. The van der Waals surface area contributed by atoms with Crippen LogP contribution in [0.1, 0.15) is 37.9 Å². The third-order valence-electron chi connectivity index (χ3n) is 4.36. The monoisotopic (exact) mass is 247 g/mol. The molecule has 1 aromatic heterocycles. The van der Waals surface area contributed by atoms with E-state index in [4.69, 9.17) is 0 Å². The Morgan fingerprint density at radius 3 is 3.00 bits per heavy atom. The number of nitrogens with zero attached hydrogens (tertiary/aromatic N) is 1. The minimum Gasteiger partial charge on any atom is -0.363 e. The first-order valence-electron chi connectivity index (χ1n) is 6.94. The van der Waals surface area contributed by atoms with Crippen molar-refractivity contribution in [3.05, 3.63) is 24.0 Å². The second-order valence-electron chi connectivity index (χ2n) is 5.45. The van der Waals surface area contributed by atoms with Gasteiger partial charge in [0.05, 0.1) is 12.0 Å². The summed E-state index contributed by atoms with van der Waals surface area (Å²) < 4.78 is 0. The fourth-order valence-corrected chi connectivity index (χ4v) is 3.31. The maximum atomic E-state index is 12.6. The van der Waals surface area contributed by atoms with Crippen molar-refractivity contribution in [2.24, 2.45) is 5.92 Å². The minimum atomic E-state index is 0.167. The molecule has 0 aromatic carbocycles. The van der Waals surface area contributed by atoms with Gasteiger partial charge in [0.2, 0.25) is 5.91 Å². The lowest BCUT2D eigenvalue weighted by Crippen LogP contribution is -2.40. The van der Waals surface area contributed by atoms with Crippen LogP contribution in [0.3, 0.4) is 0 Å². The van der Waals surface area contributed by atoms with E-state index in [1.807, 2.05) is 12.3 Å². The van der Waals surface area contributed by atoms with Crippen molar-refractivity contribution in [2.45, 2.75) is 38.3 Å². The Morgan fingerprint density at radius 2 is 2.33 bits per heavy atom. The van der Waals surface area contributed by atoms with Crippen LogP contribution >= 0.6 is 0 Å². The first-order chi connectivity index (χ1) is 8.77. The summed E-state index contributed by atoms with van der Waals surface area (Å²) in [5.41, 5.74) is 1.18. The fourth-order valence-electron chi connectivity index (χ4n) is 3.31. The normalized spacial score (nSPS) is 32.1. The lowest BCUT2D eigenvalue weighted by Gasteiger charge is -2.28. The summed E-state index contributed by atoms with van der Waals surface area (Å²) in [4.78, 5) is 18.0. The Hall–Kier alpha value is -1.29. The molecule has 3 heterocycles. The lowest BCUT2D eigenvalue weighted by molar-refractivity contribution is -0.136. The minimum absolute atomic E-state index is 0.167. The van der Waals surface area contributed by atoms with Gasteiger partial charge in [-0.2, -0.15) is 0 Å². The first kappa shape index (κ1) is 11.8. The number of amides is 1. The van der Waals surface area contributed by atoms with Gasteiger partial charge >= 0.3 is 0 Å². The number of hydrogen-bond donors (Lipinski definition) is 2. The second-order valence-corrected chi connectivity index (χ2v) is 5.45. The number of H-pyrrole nitrogens is 1. The summed E-state index contributed by atoms with van der Waals surface area (Å²) in [5, 5.41) is 3.37. The highest BCUT2D eigenvalue weighted by Crippen LogP contribution is 2.33. The van der Waals surface area contributed by atoms with Crippen LogP contribution in [0.25, 0.3) is 0 Å². The number of carbonyl (C=O) groups is 1. The first-order valence-corrected chi connectivity index (χ1v) is 6.94. The molecule has 3 atom stereocenters. The van der Waals surface area contributed by atoms with E-state index in [1.54, 1.807) is 0 Å². The van der Waals surface area contributed by atoms with Gasteiger partial charge in [-0.1, -0.05) is 0 Å². The van der Waals surface area contributed by atoms with Crippen LogP contribution in [0.5, 0.6) is 0 Å². The van der Waals surface area contributed by atoms with Crippen molar-refractivity contribution in [3.8, 4) is 0 Å². The standard InChI is InChI=1S/C14H21N3O/c1-10-11(6-8-15-10)14(18)17-9-3-5-13(17)12-4-2-7-16-12/h2,4,7,10-11,13,15-16H,3,5-6,8-9H2,1H3. The van der Waals surface area contributed by atoms with Gasteiger partial charge in [0, 0.05) is 24.5 Å². The molecule has 0 saturated carbocycles. The highest BCUT2D eigenvalue weighted by atomic mass is 16.2. The smallest absolute Gasteiger partial charge is 0.227 e. The van der Waals surface area contributed by atoms with Gasteiger partial charge in [-0.05, 0) is 44.9 Å². The maximum absolute atomic E-state index is 12.6. The van der Waals surface area contributed by atoms with E-state index >= 15 is 0 Å². The third kappa shape index (κ3) is 1.94. The zero-order chi connectivity index (χ0) is 12.5. The Balaban J connectivity index is 1.76. The predicted molar refractivity (Wildman–Crippen MR) is 70.1 cm³/mol. The van der Waals surface area contributed by atoms with Gasteiger partial charge < -0.3 is 15.2 Å². The van der Waals surface area contributed by atoms with Crippen LogP contribution in [0.4, 0.5) is 0 Å². The number of nitrogens with one attached hydrogen (secondary N) is 2. The molecule has 98 valence electrons. The van der Waals surface area contributed by atoms with Gasteiger partial charge in [0.1, 0.15) is 0 Å². The Bertz CT molecular complexity index is 415. The van der Waals surface area contributed by atoms with Gasteiger partial charge in [-0.25, -0.2) is 0 Å². The van der Waals surface area contributed by atoms with Crippen LogP contribution in [0.2, 0.25) is 0 Å². The Kier molecular flexibility index (Phi) is 3.12. The maximum Gasteiger partial charge on any atom is 0.227 e. The quantitative estimate of drug-likeness (QED) is 0.835. The summed E-state index contributed by atoms with van der Waals surface area (Å²) in [7, 11) is 0. The summed E-state index contributed by atoms with van der Waals surface area (Å²) >= 11 is 0. The molecule has 4 nitrogen and oxygen atoms in total. The molecule has 0 bridgehead atoms. The summed E-state index contributed by atoms with van der Waals surface area (Å²) in [5.74, 6) is 0.505. The highest BCUT2D eigenvalue weighted by molar-refractivity contribution is 5.80. The fraction of sp³-hybridized carbons (Fsp3) is 0.643. The van der Waals surface area contributed by atoms with Crippen LogP contribution in [0.15, 0.2) is 18.3 Å². The molecular formula is C14H21N3O. The predicted octanol–water partition coefficient (Wildman–Crippen LogP) is 1.68. The molecule has 2 fully saturated rings. The van der Waals surface area contributed by atoms with Gasteiger partial charge in [-0.15, -0.1) is 0 Å². The van der Waals surface area contributed by atoms with E-state index in [0.717, 1.165) is 32.4 Å². The molecule has 2 saturated heterocycles. The molecule has 1 amide bonds. The zero-order valence-corrected chi connectivity index (χ0v) is 10.9. The SMILES string of the molecule is CC1NCCC1C(=O)N1CCCC1c1ccc[nH]1. The molecule has 3 rings (SSSR count). The Labute approximate surface area is 108 Å². The van der Waals surface area contributed by atoms with E-state index in [0.29, 0.717) is 11.9 Å². The zero-order valence-electron chi connectivity index (χ0n) is 10.9. The molecular weight excluding hydrogens is 226 g/mol. The van der Waals surface area contributed by atoms with Crippen molar-refractivity contribution in [2.75, 3.05) is 13.1 Å². The Morgan fingerprint density at radius 1 is 1.44 bits per heavy atom. The van der Waals surface area contributed by atoms with Gasteiger partial charge in [0.25, 0.3) is 0 Å². The summed E-state index contributed by atoms with van der Waals surface area (Å²) in [6, 6.07) is 4.69. The largest absolute Gasteiger partial charge is 0.363 e. The van der Waals surface area contributed by atoms with E-state index in [9.17, 15) is 4.79 Å². The average Bonchev–Trinajstić information content (AvgIpc) is 3.09. The van der Waals surface area contributed by atoms with Crippen molar-refractivity contribution in [1.82, 2.24) is 15.2 Å². The highest BCUT2D eigenvalue weighted by Gasteiger charge is 2.38. The van der Waals surface area contributed by atoms with Crippen molar-refractivity contribution >= 4 is 5.91 Å². The molecule has 1 aromatic rings. The number of aromatic amines is 1. The van der Waals surface area contributed by atoms with Crippen LogP contribution < -0.4 is 5.32 Å². The molecule has 2 N–H and O–H groups in total. The van der Waals surface area contributed by atoms with Crippen molar-refractivity contribution < 1.29 is 4.79 Å². The number of hydrogen-bond acceptors (Lipinski definition) is 2. The number of likely N-dealkylation sites (tertiary alicyclic amines) is 1. The molecule has 2 aliphatic rings. The summed E-state index contributed by atoms with van der Waals surface area (Å²) in [6.07, 6.45) is 5.12.